The molecule has 0 amide bonds. The summed E-state index contributed by atoms with van der Waals surface area (Å²) in [6.45, 7) is 2.10. The number of thioether (sulfide) groups is 1. The normalized spacial score (nSPS) is 11.1. The average molecular weight is 364 g/mol. The molecule has 0 aliphatic carbocycles. The molecule has 0 saturated carbocycles. The number of H-pyrrole nitrogens is 1. The standard InChI is InChI=1S/C20H16N2OS2/c1-13-7-5-6-10-15(13)11-25-20-21-18(23)17-16(12-24-19(17)22-20)14-8-3-2-4-9-14/h2-10,12H,11H2,1H3,(H,21,22,23). The van der Waals surface area contributed by atoms with Crippen LogP contribution in [0.15, 0.2) is 69.9 Å². The number of benzene rings is 2. The van der Waals surface area contributed by atoms with Crippen molar-refractivity contribution in [3.05, 3.63) is 81.5 Å². The van der Waals surface area contributed by atoms with E-state index in [1.54, 1.807) is 11.8 Å². The van der Waals surface area contributed by atoms with Gasteiger partial charge in [0.2, 0.25) is 0 Å². The van der Waals surface area contributed by atoms with Gasteiger partial charge in [-0.05, 0) is 23.6 Å². The van der Waals surface area contributed by atoms with Crippen LogP contribution in [-0.2, 0) is 5.75 Å². The van der Waals surface area contributed by atoms with Crippen LogP contribution in [0.5, 0.6) is 0 Å². The minimum atomic E-state index is -0.0719. The minimum Gasteiger partial charge on any atom is -0.301 e. The SMILES string of the molecule is Cc1ccccc1CSc1nc2scc(-c3ccccc3)c2c(=O)[nH]1. The third-order valence-corrected chi connectivity index (χ3v) is 5.93. The van der Waals surface area contributed by atoms with Gasteiger partial charge in [0.05, 0.1) is 5.39 Å². The fraction of sp³-hybridized carbons (Fsp3) is 0.100. The summed E-state index contributed by atoms with van der Waals surface area (Å²) in [5.74, 6) is 0.790. The van der Waals surface area contributed by atoms with Crippen LogP contribution in [0.2, 0.25) is 0 Å². The molecule has 0 fully saturated rings. The molecule has 0 spiro atoms. The lowest BCUT2D eigenvalue weighted by atomic mass is 10.1. The lowest BCUT2D eigenvalue weighted by Crippen LogP contribution is -2.08. The monoisotopic (exact) mass is 364 g/mol. The van der Waals surface area contributed by atoms with E-state index in [0.29, 0.717) is 10.5 Å². The van der Waals surface area contributed by atoms with Crippen molar-refractivity contribution in [3.63, 3.8) is 0 Å². The Labute approximate surface area is 153 Å². The molecular formula is C20H16N2OS2. The van der Waals surface area contributed by atoms with Crippen LogP contribution in [0.3, 0.4) is 0 Å². The Balaban J connectivity index is 1.67. The van der Waals surface area contributed by atoms with E-state index < -0.39 is 0 Å². The van der Waals surface area contributed by atoms with Crippen LogP contribution in [0.25, 0.3) is 21.3 Å². The smallest absolute Gasteiger partial charge is 0.260 e. The molecule has 0 unspecified atom stereocenters. The first kappa shape index (κ1) is 16.1. The van der Waals surface area contributed by atoms with E-state index in [2.05, 4.69) is 29.0 Å². The summed E-state index contributed by atoms with van der Waals surface area (Å²) in [6.07, 6.45) is 0. The average Bonchev–Trinajstić information content (AvgIpc) is 3.06. The Kier molecular flexibility index (Phi) is 4.42. The number of fused-ring (bicyclic) bond motifs is 1. The van der Waals surface area contributed by atoms with Gasteiger partial charge in [0.1, 0.15) is 4.83 Å². The van der Waals surface area contributed by atoms with E-state index in [0.717, 1.165) is 21.7 Å². The number of nitrogens with one attached hydrogen (secondary N) is 1. The molecule has 0 aliphatic rings. The summed E-state index contributed by atoms with van der Waals surface area (Å²) in [5, 5.41) is 3.36. The number of nitrogens with zero attached hydrogens (tertiary/aromatic N) is 1. The second-order valence-corrected chi connectivity index (χ2v) is 7.60. The van der Waals surface area contributed by atoms with E-state index in [9.17, 15) is 4.79 Å². The first-order chi connectivity index (χ1) is 12.2. The number of aromatic amines is 1. The maximum Gasteiger partial charge on any atom is 0.260 e. The van der Waals surface area contributed by atoms with Gasteiger partial charge in [-0.25, -0.2) is 4.98 Å². The largest absolute Gasteiger partial charge is 0.301 e. The zero-order chi connectivity index (χ0) is 17.2. The van der Waals surface area contributed by atoms with E-state index in [4.69, 9.17) is 0 Å². The molecule has 2 heterocycles. The molecule has 0 aliphatic heterocycles. The highest BCUT2D eigenvalue weighted by atomic mass is 32.2. The van der Waals surface area contributed by atoms with Gasteiger partial charge in [-0.3, -0.25) is 4.79 Å². The maximum absolute atomic E-state index is 12.6. The van der Waals surface area contributed by atoms with Gasteiger partial charge in [0.25, 0.3) is 5.56 Å². The van der Waals surface area contributed by atoms with Crippen molar-refractivity contribution in [2.75, 3.05) is 0 Å². The first-order valence-corrected chi connectivity index (χ1v) is 9.83. The molecule has 0 atom stereocenters. The Morgan fingerprint density at radius 1 is 1.08 bits per heavy atom. The molecule has 2 aromatic heterocycles. The molecule has 4 rings (SSSR count). The van der Waals surface area contributed by atoms with Gasteiger partial charge < -0.3 is 4.98 Å². The van der Waals surface area contributed by atoms with Crippen molar-refractivity contribution < 1.29 is 0 Å². The summed E-state index contributed by atoms with van der Waals surface area (Å²) < 4.78 is 0. The Morgan fingerprint density at radius 3 is 2.64 bits per heavy atom. The van der Waals surface area contributed by atoms with Crippen molar-refractivity contribution in [2.24, 2.45) is 0 Å². The van der Waals surface area contributed by atoms with E-state index in [-0.39, 0.29) is 5.56 Å². The molecular weight excluding hydrogens is 348 g/mol. The first-order valence-electron chi connectivity index (χ1n) is 7.96. The quantitative estimate of drug-likeness (QED) is 0.397. The molecule has 1 N–H and O–H groups in total. The third-order valence-electron chi connectivity index (χ3n) is 4.13. The molecule has 124 valence electrons. The molecule has 5 heteroatoms. The highest BCUT2D eigenvalue weighted by Gasteiger charge is 2.13. The van der Waals surface area contributed by atoms with Gasteiger partial charge in [-0.1, -0.05) is 66.4 Å². The molecule has 2 aromatic carbocycles. The summed E-state index contributed by atoms with van der Waals surface area (Å²) in [6, 6.07) is 18.2. The zero-order valence-electron chi connectivity index (χ0n) is 13.7. The van der Waals surface area contributed by atoms with Crippen LogP contribution >= 0.6 is 23.1 Å². The van der Waals surface area contributed by atoms with Crippen molar-refractivity contribution in [1.82, 2.24) is 9.97 Å². The van der Waals surface area contributed by atoms with Crippen LogP contribution in [0, 0.1) is 6.92 Å². The van der Waals surface area contributed by atoms with Gasteiger partial charge in [0, 0.05) is 16.7 Å². The van der Waals surface area contributed by atoms with Gasteiger partial charge in [-0.2, -0.15) is 0 Å². The van der Waals surface area contributed by atoms with Crippen LogP contribution < -0.4 is 5.56 Å². The minimum absolute atomic E-state index is 0.0719. The summed E-state index contributed by atoms with van der Waals surface area (Å²) in [7, 11) is 0. The van der Waals surface area contributed by atoms with Crippen molar-refractivity contribution in [1.29, 1.82) is 0 Å². The molecule has 0 radical (unpaired) electrons. The van der Waals surface area contributed by atoms with Crippen molar-refractivity contribution >= 4 is 33.3 Å². The van der Waals surface area contributed by atoms with E-state index in [1.807, 2.05) is 47.8 Å². The highest BCUT2D eigenvalue weighted by molar-refractivity contribution is 7.98. The topological polar surface area (TPSA) is 45.8 Å². The second kappa shape index (κ2) is 6.86. The number of aromatic nitrogens is 2. The molecule has 0 saturated heterocycles. The predicted molar refractivity (Wildman–Crippen MR) is 106 cm³/mol. The molecule has 3 nitrogen and oxygen atoms in total. The number of aryl methyl sites for hydroxylation is 1. The molecule has 25 heavy (non-hydrogen) atoms. The summed E-state index contributed by atoms with van der Waals surface area (Å²) in [5.41, 5.74) is 4.43. The van der Waals surface area contributed by atoms with Crippen molar-refractivity contribution in [2.45, 2.75) is 17.8 Å². The summed E-state index contributed by atoms with van der Waals surface area (Å²) >= 11 is 3.08. The van der Waals surface area contributed by atoms with Crippen LogP contribution in [0.1, 0.15) is 11.1 Å². The van der Waals surface area contributed by atoms with Crippen LogP contribution in [-0.4, -0.2) is 9.97 Å². The van der Waals surface area contributed by atoms with Gasteiger partial charge >= 0.3 is 0 Å². The lowest BCUT2D eigenvalue weighted by Gasteiger charge is -2.05. The number of thiophene rings is 1. The Hall–Kier alpha value is -2.37. The van der Waals surface area contributed by atoms with Gasteiger partial charge in [0.15, 0.2) is 5.16 Å². The Morgan fingerprint density at radius 2 is 1.84 bits per heavy atom. The molecule has 0 bridgehead atoms. The fourth-order valence-corrected chi connectivity index (χ4v) is 4.69. The number of rotatable bonds is 4. The number of hydrogen-bond donors (Lipinski definition) is 1. The lowest BCUT2D eigenvalue weighted by molar-refractivity contribution is 0.979. The third kappa shape index (κ3) is 3.25. The zero-order valence-corrected chi connectivity index (χ0v) is 15.3. The fourth-order valence-electron chi connectivity index (χ4n) is 2.75. The van der Waals surface area contributed by atoms with Gasteiger partial charge in [-0.15, -0.1) is 11.3 Å². The van der Waals surface area contributed by atoms with E-state index in [1.165, 1.54) is 22.5 Å². The summed E-state index contributed by atoms with van der Waals surface area (Å²) in [4.78, 5) is 21.0. The maximum atomic E-state index is 12.6. The predicted octanol–water partition coefficient (Wildman–Crippen LogP) is 5.25. The van der Waals surface area contributed by atoms with Crippen LogP contribution in [0.4, 0.5) is 0 Å². The molecule has 4 aromatic rings. The van der Waals surface area contributed by atoms with E-state index >= 15 is 0 Å². The Bertz CT molecular complexity index is 1080. The highest BCUT2D eigenvalue weighted by Crippen LogP contribution is 2.31. The second-order valence-electron chi connectivity index (χ2n) is 5.78. The van der Waals surface area contributed by atoms with Crippen molar-refractivity contribution in [3.8, 4) is 11.1 Å². The number of hydrogen-bond acceptors (Lipinski definition) is 4.